The first-order valence-corrected chi connectivity index (χ1v) is 6.90. The van der Waals surface area contributed by atoms with Gasteiger partial charge in [0.2, 0.25) is 0 Å². The van der Waals surface area contributed by atoms with Gasteiger partial charge >= 0.3 is 0 Å². The highest BCUT2D eigenvalue weighted by molar-refractivity contribution is 5.26. The van der Waals surface area contributed by atoms with Crippen molar-refractivity contribution >= 4 is 0 Å². The van der Waals surface area contributed by atoms with Crippen LogP contribution >= 0.6 is 0 Å². The van der Waals surface area contributed by atoms with E-state index in [9.17, 15) is 4.39 Å². The van der Waals surface area contributed by atoms with Crippen LogP contribution in [0.25, 0.3) is 0 Å². The summed E-state index contributed by atoms with van der Waals surface area (Å²) in [7, 11) is 0. The molecule has 1 heterocycles. The van der Waals surface area contributed by atoms with Gasteiger partial charge in [-0.15, -0.1) is 0 Å². The van der Waals surface area contributed by atoms with Gasteiger partial charge in [0.25, 0.3) is 0 Å². The van der Waals surface area contributed by atoms with E-state index in [1.165, 1.54) is 23.3 Å². The third-order valence-electron chi connectivity index (χ3n) is 3.64. The SMILES string of the molecule is Cc1cccc(C2CNCC(c3ccc(F)cc3)O2)c1. The summed E-state index contributed by atoms with van der Waals surface area (Å²) in [5, 5.41) is 3.40. The van der Waals surface area contributed by atoms with Crippen LogP contribution < -0.4 is 5.32 Å². The third kappa shape index (κ3) is 2.89. The van der Waals surface area contributed by atoms with Crippen molar-refractivity contribution in [3.05, 3.63) is 71.0 Å². The first kappa shape index (κ1) is 13.3. The third-order valence-corrected chi connectivity index (χ3v) is 3.64. The fourth-order valence-corrected chi connectivity index (χ4v) is 2.58. The molecule has 0 saturated carbocycles. The van der Waals surface area contributed by atoms with Gasteiger partial charge in [-0.1, -0.05) is 42.0 Å². The molecule has 1 saturated heterocycles. The summed E-state index contributed by atoms with van der Waals surface area (Å²) in [5.41, 5.74) is 3.43. The standard InChI is InChI=1S/C17H18FNO/c1-12-3-2-4-14(9-12)17-11-19-10-16(20-17)13-5-7-15(18)8-6-13/h2-9,16-17,19H,10-11H2,1H3. The molecule has 104 valence electrons. The summed E-state index contributed by atoms with van der Waals surface area (Å²) in [6.45, 7) is 3.65. The minimum atomic E-state index is -0.215. The van der Waals surface area contributed by atoms with Crippen LogP contribution in [-0.4, -0.2) is 13.1 Å². The average molecular weight is 271 g/mol. The van der Waals surface area contributed by atoms with Crippen molar-refractivity contribution in [2.45, 2.75) is 19.1 Å². The molecule has 2 aromatic rings. The lowest BCUT2D eigenvalue weighted by Crippen LogP contribution is -2.35. The number of morpholine rings is 1. The normalized spacial score (nSPS) is 22.7. The van der Waals surface area contributed by atoms with Gasteiger partial charge in [0.15, 0.2) is 0 Å². The van der Waals surface area contributed by atoms with Crippen LogP contribution in [0.3, 0.4) is 0 Å². The molecule has 2 atom stereocenters. The van der Waals surface area contributed by atoms with Crippen molar-refractivity contribution < 1.29 is 9.13 Å². The Morgan fingerprint density at radius 3 is 2.40 bits per heavy atom. The zero-order valence-corrected chi connectivity index (χ0v) is 11.5. The van der Waals surface area contributed by atoms with Gasteiger partial charge in [-0.2, -0.15) is 0 Å². The largest absolute Gasteiger partial charge is 0.363 e. The molecule has 20 heavy (non-hydrogen) atoms. The van der Waals surface area contributed by atoms with E-state index in [1.807, 2.05) is 0 Å². The quantitative estimate of drug-likeness (QED) is 0.902. The van der Waals surface area contributed by atoms with Crippen LogP contribution in [0.5, 0.6) is 0 Å². The van der Waals surface area contributed by atoms with E-state index in [0.29, 0.717) is 0 Å². The number of halogens is 1. The molecule has 1 aliphatic rings. The Balaban J connectivity index is 1.78. The lowest BCUT2D eigenvalue weighted by molar-refractivity contribution is -0.0406. The molecule has 3 rings (SSSR count). The van der Waals surface area contributed by atoms with Crippen LogP contribution in [0.15, 0.2) is 48.5 Å². The molecule has 1 fully saturated rings. The number of hydrogen-bond acceptors (Lipinski definition) is 2. The van der Waals surface area contributed by atoms with Crippen molar-refractivity contribution in [3.63, 3.8) is 0 Å². The van der Waals surface area contributed by atoms with E-state index in [0.717, 1.165) is 18.7 Å². The highest BCUT2D eigenvalue weighted by Crippen LogP contribution is 2.29. The molecule has 0 spiro atoms. The number of aryl methyl sites for hydroxylation is 1. The molecule has 0 aliphatic carbocycles. The fourth-order valence-electron chi connectivity index (χ4n) is 2.58. The molecule has 2 unspecified atom stereocenters. The monoisotopic (exact) mass is 271 g/mol. The number of hydrogen-bond donors (Lipinski definition) is 1. The molecule has 0 bridgehead atoms. The Kier molecular flexibility index (Phi) is 3.81. The van der Waals surface area contributed by atoms with Crippen LogP contribution in [0.1, 0.15) is 28.9 Å². The number of nitrogens with one attached hydrogen (secondary N) is 1. The van der Waals surface area contributed by atoms with Crippen LogP contribution in [0.2, 0.25) is 0 Å². The maximum absolute atomic E-state index is 13.0. The molecule has 0 aromatic heterocycles. The van der Waals surface area contributed by atoms with Gasteiger partial charge < -0.3 is 10.1 Å². The summed E-state index contributed by atoms with van der Waals surface area (Å²) in [6, 6.07) is 14.9. The van der Waals surface area contributed by atoms with Crippen LogP contribution in [0, 0.1) is 12.7 Å². The number of ether oxygens (including phenoxy) is 1. The lowest BCUT2D eigenvalue weighted by Gasteiger charge is -2.31. The lowest BCUT2D eigenvalue weighted by atomic mass is 10.0. The topological polar surface area (TPSA) is 21.3 Å². The Bertz CT molecular complexity index is 582. The van der Waals surface area contributed by atoms with E-state index in [-0.39, 0.29) is 18.0 Å². The minimum Gasteiger partial charge on any atom is -0.363 e. The highest BCUT2D eigenvalue weighted by atomic mass is 19.1. The van der Waals surface area contributed by atoms with Gasteiger partial charge in [0, 0.05) is 13.1 Å². The summed E-state index contributed by atoms with van der Waals surface area (Å²) in [6.07, 6.45) is 0.00793. The fraction of sp³-hybridized carbons (Fsp3) is 0.294. The van der Waals surface area contributed by atoms with E-state index in [4.69, 9.17) is 4.74 Å². The highest BCUT2D eigenvalue weighted by Gasteiger charge is 2.24. The van der Waals surface area contributed by atoms with E-state index in [2.05, 4.69) is 36.5 Å². The first-order valence-electron chi connectivity index (χ1n) is 6.90. The Hall–Kier alpha value is -1.71. The second-order valence-corrected chi connectivity index (χ2v) is 5.24. The Labute approximate surface area is 118 Å². The van der Waals surface area contributed by atoms with Crippen molar-refractivity contribution in [1.29, 1.82) is 0 Å². The minimum absolute atomic E-state index is 0.0325. The maximum atomic E-state index is 13.0. The zero-order chi connectivity index (χ0) is 13.9. The number of rotatable bonds is 2. The summed E-state index contributed by atoms with van der Waals surface area (Å²) in [5.74, 6) is -0.215. The summed E-state index contributed by atoms with van der Waals surface area (Å²) in [4.78, 5) is 0. The molecule has 1 N–H and O–H groups in total. The van der Waals surface area contributed by atoms with Crippen molar-refractivity contribution in [3.8, 4) is 0 Å². The van der Waals surface area contributed by atoms with Gasteiger partial charge in [-0.05, 0) is 30.2 Å². The molecule has 1 aliphatic heterocycles. The molecule has 2 nitrogen and oxygen atoms in total. The van der Waals surface area contributed by atoms with Gasteiger partial charge in [0.05, 0.1) is 12.2 Å². The van der Waals surface area contributed by atoms with E-state index < -0.39 is 0 Å². The molecule has 0 amide bonds. The predicted octanol–water partition coefficient (Wildman–Crippen LogP) is 3.54. The predicted molar refractivity (Wildman–Crippen MR) is 77.0 cm³/mol. The average Bonchev–Trinajstić information content (AvgIpc) is 2.48. The molecule has 2 aromatic carbocycles. The van der Waals surface area contributed by atoms with E-state index in [1.54, 1.807) is 12.1 Å². The van der Waals surface area contributed by atoms with Gasteiger partial charge in [0.1, 0.15) is 5.82 Å². The zero-order valence-electron chi connectivity index (χ0n) is 11.5. The molecular weight excluding hydrogens is 253 g/mol. The van der Waals surface area contributed by atoms with Gasteiger partial charge in [-0.25, -0.2) is 4.39 Å². The van der Waals surface area contributed by atoms with Crippen molar-refractivity contribution in [2.75, 3.05) is 13.1 Å². The second-order valence-electron chi connectivity index (χ2n) is 5.24. The van der Waals surface area contributed by atoms with Crippen molar-refractivity contribution in [1.82, 2.24) is 5.32 Å². The van der Waals surface area contributed by atoms with Crippen LogP contribution in [-0.2, 0) is 4.74 Å². The molecular formula is C17H18FNO. The van der Waals surface area contributed by atoms with E-state index >= 15 is 0 Å². The summed E-state index contributed by atoms with van der Waals surface area (Å²) < 4.78 is 19.2. The number of benzene rings is 2. The molecule has 0 radical (unpaired) electrons. The smallest absolute Gasteiger partial charge is 0.123 e. The Morgan fingerprint density at radius 1 is 1.00 bits per heavy atom. The second kappa shape index (κ2) is 5.73. The molecule has 3 heteroatoms. The summed E-state index contributed by atoms with van der Waals surface area (Å²) >= 11 is 0. The Morgan fingerprint density at radius 2 is 1.70 bits per heavy atom. The maximum Gasteiger partial charge on any atom is 0.123 e. The van der Waals surface area contributed by atoms with Gasteiger partial charge in [-0.3, -0.25) is 0 Å². The van der Waals surface area contributed by atoms with Crippen LogP contribution in [0.4, 0.5) is 4.39 Å². The van der Waals surface area contributed by atoms with Crippen molar-refractivity contribution in [2.24, 2.45) is 0 Å². The first-order chi connectivity index (χ1) is 9.72.